The van der Waals surface area contributed by atoms with Crippen LogP contribution in [0.1, 0.15) is 50.3 Å². The number of aromatic nitrogens is 1. The number of hydrogen-bond donors (Lipinski definition) is 0. The normalized spacial score (nSPS) is 14.2. The lowest BCUT2D eigenvalue weighted by atomic mass is 9.96. The van der Waals surface area contributed by atoms with Gasteiger partial charge in [0, 0.05) is 65.1 Å². The Morgan fingerprint density at radius 1 is 1.09 bits per heavy atom. The summed E-state index contributed by atoms with van der Waals surface area (Å²) in [7, 11) is 1.63. The van der Waals surface area contributed by atoms with Gasteiger partial charge in [0.2, 0.25) is 0 Å². The summed E-state index contributed by atoms with van der Waals surface area (Å²) in [5.41, 5.74) is 4.61. The molecule has 0 radical (unpaired) electrons. The molecule has 0 aliphatic carbocycles. The Bertz CT molecular complexity index is 1780. The first-order chi connectivity index (χ1) is 21.2. The fourth-order valence-electron chi connectivity index (χ4n) is 5.69. The van der Waals surface area contributed by atoms with Crippen LogP contribution in [-0.2, 0) is 16.1 Å². The SMILES string of the molecule is CCCC1=NCCN1C(=O)O/N=C(/c1ccc2c(c1)c1cc([N+](=O)[O-])ccc1n2CC)c1ccc(OC(C)COC)cc1C. The summed E-state index contributed by atoms with van der Waals surface area (Å²) in [5, 5.41) is 17.6. The van der Waals surface area contributed by atoms with Crippen molar-refractivity contribution in [3.8, 4) is 5.75 Å². The van der Waals surface area contributed by atoms with Gasteiger partial charge in [-0.1, -0.05) is 18.1 Å². The number of oxime groups is 1. The molecule has 1 aliphatic heterocycles. The van der Waals surface area contributed by atoms with E-state index in [0.717, 1.165) is 39.4 Å². The number of ether oxygens (including phenoxy) is 2. The first kappa shape index (κ1) is 30.7. The van der Waals surface area contributed by atoms with E-state index in [2.05, 4.69) is 14.7 Å². The summed E-state index contributed by atoms with van der Waals surface area (Å²) >= 11 is 0. The number of amidine groups is 1. The minimum Gasteiger partial charge on any atom is -0.488 e. The van der Waals surface area contributed by atoms with Crippen LogP contribution in [0.25, 0.3) is 21.8 Å². The summed E-state index contributed by atoms with van der Waals surface area (Å²) in [6, 6.07) is 16.4. The lowest BCUT2D eigenvalue weighted by Gasteiger charge is -2.17. The lowest BCUT2D eigenvalue weighted by molar-refractivity contribution is -0.384. The van der Waals surface area contributed by atoms with Gasteiger partial charge in [-0.15, -0.1) is 0 Å². The van der Waals surface area contributed by atoms with E-state index in [4.69, 9.17) is 14.3 Å². The lowest BCUT2D eigenvalue weighted by Crippen LogP contribution is -2.34. The van der Waals surface area contributed by atoms with Gasteiger partial charge in [-0.05, 0) is 69.2 Å². The van der Waals surface area contributed by atoms with Crippen LogP contribution in [0.5, 0.6) is 5.75 Å². The van der Waals surface area contributed by atoms with Gasteiger partial charge in [-0.25, -0.2) is 4.79 Å². The summed E-state index contributed by atoms with van der Waals surface area (Å²) in [5.74, 6) is 1.38. The number of hydrogen-bond acceptors (Lipinski definition) is 8. The van der Waals surface area contributed by atoms with Crippen molar-refractivity contribution in [3.63, 3.8) is 0 Å². The summed E-state index contributed by atoms with van der Waals surface area (Å²) in [6.45, 7) is 10.1. The molecule has 0 saturated heterocycles. The fourth-order valence-corrected chi connectivity index (χ4v) is 5.69. The number of aliphatic imine (C=N–C) groups is 1. The fraction of sp³-hybridized carbons (Fsp3) is 0.364. The van der Waals surface area contributed by atoms with Crippen LogP contribution in [0.3, 0.4) is 0 Å². The summed E-state index contributed by atoms with van der Waals surface area (Å²) in [4.78, 5) is 35.9. The van der Waals surface area contributed by atoms with Gasteiger partial charge in [0.1, 0.15) is 23.4 Å². The number of carbonyl (C=O) groups is 1. The first-order valence-electron chi connectivity index (χ1n) is 14.8. The van der Waals surface area contributed by atoms with Crippen molar-refractivity contribution in [2.75, 3.05) is 26.8 Å². The molecular weight excluding hydrogens is 562 g/mol. The maximum Gasteiger partial charge on any atom is 0.441 e. The summed E-state index contributed by atoms with van der Waals surface area (Å²) in [6.07, 6.45) is 0.814. The molecule has 4 aromatic rings. The zero-order valence-electron chi connectivity index (χ0n) is 25.7. The van der Waals surface area contributed by atoms with Crippen molar-refractivity contribution < 1.29 is 24.0 Å². The summed E-state index contributed by atoms with van der Waals surface area (Å²) < 4.78 is 13.3. The highest BCUT2D eigenvalue weighted by atomic mass is 16.7. The number of fused-ring (bicyclic) bond motifs is 3. The van der Waals surface area contributed by atoms with Crippen molar-refractivity contribution in [2.45, 2.75) is 53.2 Å². The average molecular weight is 600 g/mol. The van der Waals surface area contributed by atoms with Gasteiger partial charge in [0.05, 0.1) is 24.6 Å². The quantitative estimate of drug-likeness (QED) is 0.0805. The van der Waals surface area contributed by atoms with Crippen molar-refractivity contribution in [1.29, 1.82) is 0 Å². The predicted octanol–water partition coefficient (Wildman–Crippen LogP) is 6.85. The van der Waals surface area contributed by atoms with E-state index < -0.39 is 6.09 Å². The third-order valence-corrected chi connectivity index (χ3v) is 7.68. The molecule has 0 fully saturated rings. The molecule has 11 nitrogen and oxygen atoms in total. The van der Waals surface area contributed by atoms with Crippen molar-refractivity contribution in [2.24, 2.45) is 10.1 Å². The molecule has 1 atom stereocenters. The molecule has 0 saturated carbocycles. The van der Waals surface area contributed by atoms with E-state index in [1.165, 1.54) is 11.0 Å². The largest absolute Gasteiger partial charge is 0.488 e. The van der Waals surface area contributed by atoms with Crippen LogP contribution >= 0.6 is 0 Å². The minimum absolute atomic E-state index is 0.0187. The smallest absolute Gasteiger partial charge is 0.441 e. The Kier molecular flexibility index (Phi) is 9.24. The number of non-ortho nitro benzene ring substituents is 1. The molecule has 1 unspecified atom stereocenters. The maximum absolute atomic E-state index is 13.2. The van der Waals surface area contributed by atoms with Crippen LogP contribution in [0.2, 0.25) is 0 Å². The van der Waals surface area contributed by atoms with Crippen LogP contribution in [0.15, 0.2) is 64.7 Å². The molecule has 0 bridgehead atoms. The van der Waals surface area contributed by atoms with Crippen LogP contribution < -0.4 is 4.74 Å². The van der Waals surface area contributed by atoms with E-state index >= 15 is 0 Å². The third kappa shape index (κ3) is 6.14. The molecule has 0 N–H and O–H groups in total. The second kappa shape index (κ2) is 13.3. The average Bonchev–Trinajstić information content (AvgIpc) is 3.60. The van der Waals surface area contributed by atoms with Gasteiger partial charge in [0.25, 0.3) is 5.69 Å². The number of rotatable bonds is 11. The van der Waals surface area contributed by atoms with Crippen LogP contribution in [0, 0.1) is 17.0 Å². The molecule has 2 heterocycles. The minimum atomic E-state index is -0.586. The monoisotopic (exact) mass is 599 g/mol. The highest BCUT2D eigenvalue weighted by Gasteiger charge is 2.25. The highest BCUT2D eigenvalue weighted by Crippen LogP contribution is 2.33. The van der Waals surface area contributed by atoms with Gasteiger partial charge < -0.3 is 14.0 Å². The molecule has 0 spiro atoms. The van der Waals surface area contributed by atoms with E-state index in [-0.39, 0.29) is 16.7 Å². The van der Waals surface area contributed by atoms with Gasteiger partial charge in [-0.2, -0.15) is 0 Å². The standard InChI is InChI=1S/C33H37N5O6/c1-6-8-31-34-15-16-37(31)33(39)44-35-32(26-12-11-25(17-21(26)3)43-22(4)20-42-5)23-9-13-29-27(18-23)28-19-24(38(40)41)10-14-30(28)36(29)7-2/h9-14,17-19,22H,6-8,15-16,20H2,1-5H3/b35-32-. The number of aryl methyl sites for hydroxylation is 2. The number of methoxy groups -OCH3 is 1. The Balaban J connectivity index is 1.61. The molecule has 1 aliphatic rings. The molecule has 1 amide bonds. The Morgan fingerprint density at radius 3 is 2.52 bits per heavy atom. The van der Waals surface area contributed by atoms with E-state index in [1.807, 2.05) is 64.1 Å². The second-order valence-corrected chi connectivity index (χ2v) is 10.8. The van der Waals surface area contributed by atoms with Crippen LogP contribution in [-0.4, -0.2) is 64.9 Å². The topological polar surface area (TPSA) is 121 Å². The number of amides is 1. The molecule has 44 heavy (non-hydrogen) atoms. The zero-order valence-corrected chi connectivity index (χ0v) is 25.7. The van der Waals surface area contributed by atoms with E-state index in [0.29, 0.717) is 55.5 Å². The Labute approximate surface area is 255 Å². The molecular formula is C33H37N5O6. The number of nitro groups is 1. The Morgan fingerprint density at radius 2 is 1.84 bits per heavy atom. The molecule has 1 aromatic heterocycles. The molecule has 5 rings (SSSR count). The van der Waals surface area contributed by atoms with Crippen molar-refractivity contribution in [3.05, 3.63) is 81.4 Å². The number of carbonyl (C=O) groups excluding carboxylic acids is 1. The maximum atomic E-state index is 13.2. The van der Waals surface area contributed by atoms with E-state index in [9.17, 15) is 14.9 Å². The first-order valence-corrected chi connectivity index (χ1v) is 14.8. The zero-order chi connectivity index (χ0) is 31.4. The highest BCUT2D eigenvalue weighted by molar-refractivity contribution is 6.17. The molecule has 230 valence electrons. The third-order valence-electron chi connectivity index (χ3n) is 7.68. The second-order valence-electron chi connectivity index (χ2n) is 10.8. The molecule has 3 aromatic carbocycles. The van der Waals surface area contributed by atoms with Crippen molar-refractivity contribution in [1.82, 2.24) is 9.47 Å². The van der Waals surface area contributed by atoms with E-state index in [1.54, 1.807) is 19.2 Å². The van der Waals surface area contributed by atoms with Crippen molar-refractivity contribution >= 4 is 45.1 Å². The number of nitro benzene ring substituents is 1. The van der Waals surface area contributed by atoms with Crippen LogP contribution in [0.4, 0.5) is 10.5 Å². The molecule has 11 heteroatoms. The number of nitrogens with zero attached hydrogens (tertiary/aromatic N) is 5. The predicted molar refractivity (Wildman–Crippen MR) is 171 cm³/mol. The van der Waals surface area contributed by atoms with Gasteiger partial charge in [-0.3, -0.25) is 24.8 Å². The number of benzene rings is 3. The Hall–Kier alpha value is -4.77. The van der Waals surface area contributed by atoms with Gasteiger partial charge in [0.15, 0.2) is 0 Å². The van der Waals surface area contributed by atoms with Gasteiger partial charge >= 0.3 is 6.09 Å².